The minimum atomic E-state index is -0.591. The molecule has 1 aromatic carbocycles. The van der Waals surface area contributed by atoms with E-state index in [1.807, 2.05) is 18.2 Å². The molecule has 1 aromatic rings. The summed E-state index contributed by atoms with van der Waals surface area (Å²) >= 11 is 0. The third kappa shape index (κ3) is 5.60. The fourth-order valence-electron chi connectivity index (χ4n) is 7.63. The van der Waals surface area contributed by atoms with Gasteiger partial charge in [-0.3, -0.25) is 24.6 Å². The number of nitrogens with zero attached hydrogens (tertiary/aromatic N) is 2. The van der Waals surface area contributed by atoms with Crippen LogP contribution in [0.3, 0.4) is 0 Å². The number of fused-ring (bicyclic) bond motifs is 1. The number of carbonyl (C=O) groups is 3. The molecule has 4 fully saturated rings. The van der Waals surface area contributed by atoms with Crippen LogP contribution in [-0.4, -0.2) is 71.0 Å². The Kier molecular flexibility index (Phi) is 7.68. The summed E-state index contributed by atoms with van der Waals surface area (Å²) in [5.74, 6) is 1.66. The molecular formula is C31H43N3O5. The molecule has 2 aliphatic carbocycles. The molecule has 212 valence electrons. The third-order valence-electron chi connectivity index (χ3n) is 9.71. The Morgan fingerprint density at radius 2 is 1.69 bits per heavy atom. The molecule has 5 aliphatic rings. The molecule has 8 nitrogen and oxygen atoms in total. The second-order valence-electron chi connectivity index (χ2n) is 12.7. The van der Waals surface area contributed by atoms with Crippen LogP contribution < -0.4 is 10.1 Å². The topological polar surface area (TPSA) is 88.2 Å². The van der Waals surface area contributed by atoms with Gasteiger partial charge in [-0.2, -0.15) is 0 Å². The summed E-state index contributed by atoms with van der Waals surface area (Å²) in [6.45, 7) is 7.02. The zero-order valence-corrected chi connectivity index (χ0v) is 23.4. The molecule has 0 spiro atoms. The Labute approximate surface area is 231 Å². The summed E-state index contributed by atoms with van der Waals surface area (Å²) in [6, 6.07) is 5.60. The predicted molar refractivity (Wildman–Crippen MR) is 146 cm³/mol. The van der Waals surface area contributed by atoms with E-state index in [-0.39, 0.29) is 30.2 Å². The van der Waals surface area contributed by atoms with Crippen LogP contribution in [0.2, 0.25) is 0 Å². The number of likely N-dealkylation sites (tertiary alicyclic amines) is 1. The maximum atomic E-state index is 13.0. The Balaban J connectivity index is 1.04. The lowest BCUT2D eigenvalue weighted by Gasteiger charge is -2.51. The number of benzene rings is 1. The van der Waals surface area contributed by atoms with Crippen LogP contribution >= 0.6 is 0 Å². The van der Waals surface area contributed by atoms with Gasteiger partial charge in [0.05, 0.1) is 12.2 Å². The Hall–Kier alpha value is -2.45. The van der Waals surface area contributed by atoms with Gasteiger partial charge in [0, 0.05) is 37.7 Å². The van der Waals surface area contributed by atoms with Crippen molar-refractivity contribution < 1.29 is 23.9 Å². The highest BCUT2D eigenvalue weighted by Crippen LogP contribution is 2.40. The number of amides is 3. The zero-order valence-electron chi connectivity index (χ0n) is 23.4. The molecule has 0 bridgehead atoms. The van der Waals surface area contributed by atoms with Crippen molar-refractivity contribution in [2.75, 3.05) is 13.1 Å². The van der Waals surface area contributed by atoms with E-state index in [0.717, 1.165) is 29.6 Å². The van der Waals surface area contributed by atoms with Crippen molar-refractivity contribution in [1.82, 2.24) is 15.1 Å². The van der Waals surface area contributed by atoms with E-state index in [4.69, 9.17) is 9.47 Å². The average molecular weight is 538 g/mol. The van der Waals surface area contributed by atoms with Gasteiger partial charge in [-0.25, -0.2) is 0 Å². The zero-order chi connectivity index (χ0) is 27.1. The first-order valence-corrected chi connectivity index (χ1v) is 15.2. The van der Waals surface area contributed by atoms with Crippen LogP contribution in [0.4, 0.5) is 0 Å². The Bertz CT molecular complexity index is 1090. The number of rotatable bonds is 7. The van der Waals surface area contributed by atoms with E-state index in [0.29, 0.717) is 36.8 Å². The monoisotopic (exact) mass is 537 g/mol. The van der Waals surface area contributed by atoms with Crippen LogP contribution in [0, 0.1) is 11.8 Å². The SMILES string of the molecule is CC(C)O[C@H]1CC[C@H](C2CN([C@H]3CCCC[C@@H]3Oc3ccc4c(c3)CN(C3CCC(=O)NC3=O)C4=O)C2)CC1. The van der Waals surface area contributed by atoms with Gasteiger partial charge >= 0.3 is 0 Å². The summed E-state index contributed by atoms with van der Waals surface area (Å²) in [5.41, 5.74) is 1.53. The van der Waals surface area contributed by atoms with Gasteiger partial charge in [0.15, 0.2) is 0 Å². The number of ether oxygens (including phenoxy) is 2. The maximum Gasteiger partial charge on any atom is 0.255 e. The lowest BCUT2D eigenvalue weighted by atomic mass is 9.74. The Morgan fingerprint density at radius 1 is 0.923 bits per heavy atom. The standard InChI is InChI=1S/C31H43N3O5/c1-19(2)38-23-9-7-20(8-10-23)22-16-33(17-22)26-5-3-4-6-28(26)39-24-11-12-25-21(15-24)18-34(31(25)37)27-13-14-29(35)32-30(27)36/h11-12,15,19-20,22-23,26-28H,3-10,13-14,16-18H2,1-2H3,(H,32,35,36)/t20-,23-,26-,27?,28-/m0/s1. The molecule has 3 heterocycles. The van der Waals surface area contributed by atoms with Crippen molar-refractivity contribution in [2.24, 2.45) is 11.8 Å². The lowest BCUT2D eigenvalue weighted by Crippen LogP contribution is -2.59. The molecule has 0 radical (unpaired) electrons. The van der Waals surface area contributed by atoms with Crippen molar-refractivity contribution in [3.8, 4) is 5.75 Å². The van der Waals surface area contributed by atoms with Crippen LogP contribution in [0.25, 0.3) is 0 Å². The fourth-order valence-corrected chi connectivity index (χ4v) is 7.63. The summed E-state index contributed by atoms with van der Waals surface area (Å²) in [6.07, 6.45) is 11.3. The van der Waals surface area contributed by atoms with Gasteiger partial charge in [0.1, 0.15) is 17.9 Å². The molecule has 2 saturated carbocycles. The summed E-state index contributed by atoms with van der Waals surface area (Å²) in [7, 11) is 0. The highest BCUT2D eigenvalue weighted by Gasteiger charge is 2.43. The number of hydrogen-bond acceptors (Lipinski definition) is 6. The van der Waals surface area contributed by atoms with Crippen molar-refractivity contribution >= 4 is 17.7 Å². The maximum absolute atomic E-state index is 13.0. The molecule has 0 aromatic heterocycles. The third-order valence-corrected chi connectivity index (χ3v) is 9.71. The summed E-state index contributed by atoms with van der Waals surface area (Å²) in [5, 5.41) is 2.37. The highest BCUT2D eigenvalue weighted by atomic mass is 16.5. The molecule has 3 amide bonds. The normalized spacial score (nSPS) is 32.2. The number of carbonyl (C=O) groups excluding carboxylic acids is 3. The quantitative estimate of drug-likeness (QED) is 0.528. The number of piperidine rings is 1. The molecule has 1 unspecified atom stereocenters. The molecule has 8 heteroatoms. The number of imide groups is 1. The van der Waals surface area contributed by atoms with Crippen molar-refractivity contribution in [3.05, 3.63) is 29.3 Å². The number of nitrogens with one attached hydrogen (secondary N) is 1. The van der Waals surface area contributed by atoms with Gasteiger partial charge < -0.3 is 14.4 Å². The van der Waals surface area contributed by atoms with Crippen molar-refractivity contribution in [2.45, 2.75) is 115 Å². The van der Waals surface area contributed by atoms with Gasteiger partial charge in [0.25, 0.3) is 5.91 Å². The highest BCUT2D eigenvalue weighted by molar-refractivity contribution is 6.05. The van der Waals surface area contributed by atoms with Gasteiger partial charge in [-0.1, -0.05) is 6.42 Å². The summed E-state index contributed by atoms with van der Waals surface area (Å²) < 4.78 is 12.7. The minimum absolute atomic E-state index is 0.141. The van der Waals surface area contributed by atoms with E-state index in [2.05, 4.69) is 24.1 Å². The molecule has 3 aliphatic heterocycles. The predicted octanol–water partition coefficient (Wildman–Crippen LogP) is 4.05. The number of hydrogen-bond donors (Lipinski definition) is 1. The molecule has 2 saturated heterocycles. The van der Waals surface area contributed by atoms with Crippen LogP contribution in [-0.2, 0) is 20.9 Å². The fraction of sp³-hybridized carbons (Fsp3) is 0.710. The first-order chi connectivity index (χ1) is 18.9. The smallest absolute Gasteiger partial charge is 0.255 e. The van der Waals surface area contributed by atoms with Gasteiger partial charge in [0.2, 0.25) is 11.8 Å². The largest absolute Gasteiger partial charge is 0.489 e. The molecule has 39 heavy (non-hydrogen) atoms. The van der Waals surface area contributed by atoms with Crippen molar-refractivity contribution in [1.29, 1.82) is 0 Å². The molecule has 3 atom stereocenters. The van der Waals surface area contributed by atoms with Crippen molar-refractivity contribution in [3.63, 3.8) is 0 Å². The van der Waals surface area contributed by atoms with E-state index < -0.39 is 6.04 Å². The lowest BCUT2D eigenvalue weighted by molar-refractivity contribution is -0.136. The first-order valence-electron chi connectivity index (χ1n) is 15.2. The van der Waals surface area contributed by atoms with Crippen LogP contribution in [0.15, 0.2) is 18.2 Å². The second kappa shape index (κ2) is 11.2. The van der Waals surface area contributed by atoms with E-state index in [9.17, 15) is 14.4 Å². The molecular weight excluding hydrogens is 494 g/mol. The van der Waals surface area contributed by atoms with Gasteiger partial charge in [-0.15, -0.1) is 0 Å². The minimum Gasteiger partial charge on any atom is -0.489 e. The second-order valence-corrected chi connectivity index (χ2v) is 12.7. The Morgan fingerprint density at radius 3 is 2.44 bits per heavy atom. The molecule has 1 N–H and O–H groups in total. The van der Waals surface area contributed by atoms with Crippen LogP contribution in [0.5, 0.6) is 5.75 Å². The summed E-state index contributed by atoms with van der Waals surface area (Å²) in [4.78, 5) is 41.2. The van der Waals surface area contributed by atoms with E-state index in [1.54, 1.807) is 4.90 Å². The van der Waals surface area contributed by atoms with Gasteiger partial charge in [-0.05, 0) is 101 Å². The average Bonchev–Trinajstić information content (AvgIpc) is 3.20. The van der Waals surface area contributed by atoms with Crippen LogP contribution in [0.1, 0.15) is 94.0 Å². The van der Waals surface area contributed by atoms with E-state index in [1.165, 1.54) is 58.0 Å². The first kappa shape index (κ1) is 26.8. The van der Waals surface area contributed by atoms with E-state index >= 15 is 0 Å². The molecule has 6 rings (SSSR count).